The fourth-order valence-corrected chi connectivity index (χ4v) is 3.14. The second-order valence-corrected chi connectivity index (χ2v) is 6.67. The number of ether oxygens (including phenoxy) is 2. The third-order valence-corrected chi connectivity index (χ3v) is 4.65. The Balaban J connectivity index is 2.20. The van der Waals surface area contributed by atoms with Crippen LogP contribution in [0.15, 0.2) is 47.4 Å². The molecule has 0 atom stereocenters. The molecule has 1 N–H and O–H groups in total. The molecule has 0 aliphatic heterocycles. The van der Waals surface area contributed by atoms with Crippen LogP contribution in [-0.4, -0.2) is 22.6 Å². The average molecular weight is 342 g/mol. The molecule has 0 aromatic heterocycles. The molecular weight excluding hydrogens is 326 g/mol. The highest BCUT2D eigenvalue weighted by atomic mass is 35.5. The van der Waals surface area contributed by atoms with Gasteiger partial charge >= 0.3 is 0 Å². The van der Waals surface area contributed by atoms with E-state index in [2.05, 4.69) is 4.72 Å². The highest BCUT2D eigenvalue weighted by Gasteiger charge is 2.16. The van der Waals surface area contributed by atoms with Gasteiger partial charge < -0.3 is 9.47 Å². The van der Waals surface area contributed by atoms with Crippen molar-refractivity contribution in [3.05, 3.63) is 53.1 Å². The van der Waals surface area contributed by atoms with E-state index in [0.29, 0.717) is 16.5 Å². The summed E-state index contributed by atoms with van der Waals surface area (Å²) in [6, 6.07) is 11.4. The van der Waals surface area contributed by atoms with E-state index in [-0.39, 0.29) is 11.4 Å². The Labute approximate surface area is 134 Å². The van der Waals surface area contributed by atoms with E-state index in [4.69, 9.17) is 21.1 Å². The first kappa shape index (κ1) is 16.6. The minimum atomic E-state index is -3.66. The summed E-state index contributed by atoms with van der Waals surface area (Å²) in [6.07, 6.45) is 0. The molecule has 2 aromatic rings. The number of halogens is 1. The molecule has 2 rings (SSSR count). The molecule has 0 saturated carbocycles. The minimum Gasteiger partial charge on any atom is -0.493 e. The van der Waals surface area contributed by atoms with Gasteiger partial charge in [-0.25, -0.2) is 13.1 Å². The first-order valence-corrected chi connectivity index (χ1v) is 8.28. The van der Waals surface area contributed by atoms with E-state index < -0.39 is 10.0 Å². The Bertz CT molecular complexity index is 762. The summed E-state index contributed by atoms with van der Waals surface area (Å²) in [6.45, 7) is 0.150. The van der Waals surface area contributed by atoms with Crippen LogP contribution in [0.25, 0.3) is 0 Å². The Hall–Kier alpha value is -1.76. The highest BCUT2D eigenvalue weighted by molar-refractivity contribution is 7.89. The monoisotopic (exact) mass is 341 g/mol. The van der Waals surface area contributed by atoms with Crippen molar-refractivity contribution < 1.29 is 17.9 Å². The number of nitrogens with one attached hydrogen (secondary N) is 1. The molecule has 0 spiro atoms. The standard InChI is InChI=1S/C15H16ClNO4S/c1-20-14-7-6-13(9-15(14)21-2)22(18,19)17-10-11-4-3-5-12(16)8-11/h3-9,17H,10H2,1-2H3. The summed E-state index contributed by atoms with van der Waals surface area (Å²) in [5.41, 5.74) is 0.775. The van der Waals surface area contributed by atoms with E-state index in [1.165, 1.54) is 26.4 Å². The zero-order chi connectivity index (χ0) is 16.2. The van der Waals surface area contributed by atoms with Gasteiger partial charge in [-0.3, -0.25) is 0 Å². The predicted molar refractivity (Wildman–Crippen MR) is 85.0 cm³/mol. The van der Waals surface area contributed by atoms with Gasteiger partial charge in [0, 0.05) is 17.6 Å². The van der Waals surface area contributed by atoms with Crippen LogP contribution in [0.1, 0.15) is 5.56 Å². The summed E-state index contributed by atoms with van der Waals surface area (Å²) in [5, 5.41) is 0.558. The molecule has 22 heavy (non-hydrogen) atoms. The Morgan fingerprint density at radius 1 is 1.05 bits per heavy atom. The molecule has 0 heterocycles. The van der Waals surface area contributed by atoms with Crippen molar-refractivity contribution in [2.45, 2.75) is 11.4 Å². The predicted octanol–water partition coefficient (Wildman–Crippen LogP) is 2.84. The van der Waals surface area contributed by atoms with Crippen LogP contribution < -0.4 is 14.2 Å². The largest absolute Gasteiger partial charge is 0.493 e. The van der Waals surface area contributed by atoms with E-state index >= 15 is 0 Å². The lowest BCUT2D eigenvalue weighted by atomic mass is 10.2. The number of hydrogen-bond donors (Lipinski definition) is 1. The lowest BCUT2D eigenvalue weighted by Gasteiger charge is -2.11. The van der Waals surface area contributed by atoms with Gasteiger partial charge in [0.1, 0.15) is 0 Å². The molecule has 118 valence electrons. The van der Waals surface area contributed by atoms with Crippen LogP contribution in [0.5, 0.6) is 11.5 Å². The van der Waals surface area contributed by atoms with Crippen molar-refractivity contribution in [2.75, 3.05) is 14.2 Å². The van der Waals surface area contributed by atoms with Gasteiger partial charge in [0.05, 0.1) is 19.1 Å². The molecule has 7 heteroatoms. The van der Waals surface area contributed by atoms with Crippen LogP contribution >= 0.6 is 11.6 Å². The first-order valence-electron chi connectivity index (χ1n) is 6.42. The van der Waals surface area contributed by atoms with Crippen LogP contribution in [0.2, 0.25) is 5.02 Å². The molecule has 0 radical (unpaired) electrons. The third-order valence-electron chi connectivity index (χ3n) is 3.02. The van der Waals surface area contributed by atoms with Gasteiger partial charge in [0.2, 0.25) is 10.0 Å². The molecule has 0 aliphatic rings. The zero-order valence-corrected chi connectivity index (χ0v) is 13.7. The second-order valence-electron chi connectivity index (χ2n) is 4.47. The number of benzene rings is 2. The fraction of sp³-hybridized carbons (Fsp3) is 0.200. The maximum Gasteiger partial charge on any atom is 0.241 e. The third kappa shape index (κ3) is 3.91. The van der Waals surface area contributed by atoms with E-state index in [1.54, 1.807) is 30.3 Å². The normalized spacial score (nSPS) is 11.2. The maximum atomic E-state index is 12.3. The quantitative estimate of drug-likeness (QED) is 0.877. The SMILES string of the molecule is COc1ccc(S(=O)(=O)NCc2cccc(Cl)c2)cc1OC. The van der Waals surface area contributed by atoms with Crippen LogP contribution in [0.4, 0.5) is 0 Å². The van der Waals surface area contributed by atoms with Crippen molar-refractivity contribution >= 4 is 21.6 Å². The molecule has 0 aliphatic carbocycles. The smallest absolute Gasteiger partial charge is 0.241 e. The summed E-state index contributed by atoms with van der Waals surface area (Å²) in [7, 11) is -0.716. The van der Waals surface area contributed by atoms with E-state index in [0.717, 1.165) is 5.56 Å². The van der Waals surface area contributed by atoms with Crippen molar-refractivity contribution in [3.8, 4) is 11.5 Å². The van der Waals surface area contributed by atoms with Crippen molar-refractivity contribution in [1.29, 1.82) is 0 Å². The molecule has 0 unspecified atom stereocenters. The lowest BCUT2D eigenvalue weighted by molar-refractivity contribution is 0.354. The number of methoxy groups -OCH3 is 2. The first-order chi connectivity index (χ1) is 10.5. The zero-order valence-electron chi connectivity index (χ0n) is 12.2. The average Bonchev–Trinajstić information content (AvgIpc) is 2.52. The van der Waals surface area contributed by atoms with Crippen molar-refractivity contribution in [2.24, 2.45) is 0 Å². The summed E-state index contributed by atoms with van der Waals surface area (Å²) < 4.78 is 37.4. The van der Waals surface area contributed by atoms with Gasteiger partial charge in [-0.1, -0.05) is 23.7 Å². The Morgan fingerprint density at radius 2 is 1.77 bits per heavy atom. The number of rotatable bonds is 6. The maximum absolute atomic E-state index is 12.3. The van der Waals surface area contributed by atoms with Gasteiger partial charge in [0.25, 0.3) is 0 Å². The van der Waals surface area contributed by atoms with Crippen LogP contribution in [-0.2, 0) is 16.6 Å². The molecule has 5 nitrogen and oxygen atoms in total. The summed E-state index contributed by atoms with van der Waals surface area (Å²) >= 11 is 5.88. The van der Waals surface area contributed by atoms with Crippen molar-refractivity contribution in [3.63, 3.8) is 0 Å². The number of hydrogen-bond acceptors (Lipinski definition) is 4. The molecule has 2 aromatic carbocycles. The van der Waals surface area contributed by atoms with E-state index in [1.807, 2.05) is 0 Å². The van der Waals surface area contributed by atoms with Crippen LogP contribution in [0, 0.1) is 0 Å². The Morgan fingerprint density at radius 3 is 2.41 bits per heavy atom. The van der Waals surface area contributed by atoms with Gasteiger partial charge in [-0.15, -0.1) is 0 Å². The fourth-order valence-electron chi connectivity index (χ4n) is 1.89. The van der Waals surface area contributed by atoms with Gasteiger partial charge in [-0.2, -0.15) is 0 Å². The molecular formula is C15H16ClNO4S. The Kier molecular flexibility index (Phi) is 5.28. The molecule has 0 saturated heterocycles. The van der Waals surface area contributed by atoms with Gasteiger partial charge in [0.15, 0.2) is 11.5 Å². The van der Waals surface area contributed by atoms with Crippen molar-refractivity contribution in [1.82, 2.24) is 4.72 Å². The highest BCUT2D eigenvalue weighted by Crippen LogP contribution is 2.29. The van der Waals surface area contributed by atoms with Gasteiger partial charge in [-0.05, 0) is 29.8 Å². The summed E-state index contributed by atoms with van der Waals surface area (Å²) in [4.78, 5) is 0.104. The molecule has 0 amide bonds. The molecule has 0 bridgehead atoms. The molecule has 0 fully saturated rings. The van der Waals surface area contributed by atoms with Crippen LogP contribution in [0.3, 0.4) is 0 Å². The summed E-state index contributed by atoms with van der Waals surface area (Å²) in [5.74, 6) is 0.824. The van der Waals surface area contributed by atoms with E-state index in [9.17, 15) is 8.42 Å². The second kappa shape index (κ2) is 7.00. The lowest BCUT2D eigenvalue weighted by Crippen LogP contribution is -2.23. The minimum absolute atomic E-state index is 0.104. The number of sulfonamides is 1. The topological polar surface area (TPSA) is 64.6 Å².